The monoisotopic (exact) mass is 509 g/mol. The highest BCUT2D eigenvalue weighted by Crippen LogP contribution is 2.39. The number of aryl methyl sites for hydroxylation is 3. The van der Waals surface area contributed by atoms with Crippen molar-refractivity contribution in [2.24, 2.45) is 0 Å². The molecule has 0 unspecified atom stereocenters. The number of carbonyl (C=O) groups is 1. The SMILES string of the molecule is Cc1cccc(NC(=O)CCN2C(=S)N[C@H](c3ccccn3)[C@@H]2c2cccn2-c2ccc(C)c(C)c2)c1. The third-order valence-corrected chi connectivity index (χ3v) is 7.28. The van der Waals surface area contributed by atoms with Gasteiger partial charge in [0.1, 0.15) is 0 Å². The molecule has 37 heavy (non-hydrogen) atoms. The van der Waals surface area contributed by atoms with Gasteiger partial charge in [-0.15, -0.1) is 0 Å². The zero-order chi connectivity index (χ0) is 25.9. The van der Waals surface area contributed by atoms with E-state index in [1.54, 1.807) is 6.20 Å². The topological polar surface area (TPSA) is 62.2 Å². The Labute approximate surface area is 223 Å². The van der Waals surface area contributed by atoms with Crippen molar-refractivity contribution in [3.05, 3.63) is 113 Å². The van der Waals surface area contributed by atoms with E-state index in [2.05, 4.69) is 75.5 Å². The van der Waals surface area contributed by atoms with Gasteiger partial charge in [0.05, 0.1) is 17.8 Å². The lowest BCUT2D eigenvalue weighted by molar-refractivity contribution is -0.116. The van der Waals surface area contributed by atoms with Crippen molar-refractivity contribution < 1.29 is 4.79 Å². The minimum absolute atomic E-state index is 0.0435. The zero-order valence-corrected chi connectivity index (χ0v) is 22.1. The van der Waals surface area contributed by atoms with E-state index in [1.807, 2.05) is 49.4 Å². The van der Waals surface area contributed by atoms with Crippen LogP contribution in [0.3, 0.4) is 0 Å². The first kappa shape index (κ1) is 24.7. The molecule has 2 N–H and O–H groups in total. The molecule has 188 valence electrons. The van der Waals surface area contributed by atoms with Gasteiger partial charge in [-0.3, -0.25) is 9.78 Å². The van der Waals surface area contributed by atoms with Gasteiger partial charge >= 0.3 is 0 Å². The van der Waals surface area contributed by atoms with Gasteiger partial charge in [-0.2, -0.15) is 0 Å². The maximum atomic E-state index is 12.9. The van der Waals surface area contributed by atoms with Crippen LogP contribution in [0.2, 0.25) is 0 Å². The summed E-state index contributed by atoms with van der Waals surface area (Å²) in [4.78, 5) is 19.6. The molecule has 3 heterocycles. The molecular formula is C30H31N5OS. The van der Waals surface area contributed by atoms with Crippen molar-refractivity contribution >= 4 is 28.9 Å². The summed E-state index contributed by atoms with van der Waals surface area (Å²) in [5.74, 6) is -0.0435. The molecular weight excluding hydrogens is 478 g/mol. The lowest BCUT2D eigenvalue weighted by Crippen LogP contribution is -2.33. The van der Waals surface area contributed by atoms with E-state index in [4.69, 9.17) is 12.2 Å². The maximum Gasteiger partial charge on any atom is 0.226 e. The number of hydrogen-bond acceptors (Lipinski definition) is 3. The lowest BCUT2D eigenvalue weighted by atomic mass is 10.0. The second-order valence-corrected chi connectivity index (χ2v) is 9.95. The first-order valence-electron chi connectivity index (χ1n) is 12.5. The van der Waals surface area contributed by atoms with Gasteiger partial charge in [0.15, 0.2) is 5.11 Å². The van der Waals surface area contributed by atoms with Crippen LogP contribution in [0, 0.1) is 20.8 Å². The number of rotatable bonds is 7. The average Bonchev–Trinajstić information content (AvgIpc) is 3.49. The van der Waals surface area contributed by atoms with Gasteiger partial charge in [0.25, 0.3) is 0 Å². The van der Waals surface area contributed by atoms with Gasteiger partial charge < -0.3 is 20.1 Å². The van der Waals surface area contributed by atoms with Crippen LogP contribution in [-0.2, 0) is 4.79 Å². The fourth-order valence-corrected chi connectivity index (χ4v) is 5.21. The zero-order valence-electron chi connectivity index (χ0n) is 21.3. The van der Waals surface area contributed by atoms with E-state index in [0.29, 0.717) is 18.1 Å². The molecule has 0 radical (unpaired) electrons. The number of thiocarbonyl (C=S) groups is 1. The molecule has 2 aromatic carbocycles. The summed E-state index contributed by atoms with van der Waals surface area (Å²) in [6, 6.07) is 24.2. The van der Waals surface area contributed by atoms with Crippen LogP contribution in [0.5, 0.6) is 0 Å². The summed E-state index contributed by atoms with van der Waals surface area (Å²) in [6.07, 6.45) is 4.20. The summed E-state index contributed by atoms with van der Waals surface area (Å²) in [5, 5.41) is 7.13. The number of amides is 1. The second-order valence-electron chi connectivity index (χ2n) is 9.56. The number of aromatic nitrogens is 2. The summed E-state index contributed by atoms with van der Waals surface area (Å²) in [6.45, 7) is 6.74. The molecule has 5 rings (SSSR count). The van der Waals surface area contributed by atoms with Gasteiger partial charge in [-0.25, -0.2) is 0 Å². The molecule has 1 fully saturated rings. The summed E-state index contributed by atoms with van der Waals surface area (Å²) in [5.41, 5.74) is 7.50. The smallest absolute Gasteiger partial charge is 0.226 e. The van der Waals surface area contributed by atoms with Crippen molar-refractivity contribution in [2.75, 3.05) is 11.9 Å². The summed E-state index contributed by atoms with van der Waals surface area (Å²) >= 11 is 5.81. The quantitative estimate of drug-likeness (QED) is 0.309. The first-order valence-corrected chi connectivity index (χ1v) is 12.9. The molecule has 0 bridgehead atoms. The molecule has 4 aromatic rings. The molecule has 1 aliphatic heterocycles. The highest BCUT2D eigenvalue weighted by molar-refractivity contribution is 7.80. The van der Waals surface area contributed by atoms with Crippen LogP contribution < -0.4 is 10.6 Å². The van der Waals surface area contributed by atoms with Crippen LogP contribution in [0.25, 0.3) is 5.69 Å². The molecule has 1 saturated heterocycles. The Morgan fingerprint density at radius 3 is 2.62 bits per heavy atom. The minimum Gasteiger partial charge on any atom is -0.352 e. The predicted molar refractivity (Wildman–Crippen MR) is 152 cm³/mol. The Kier molecular flexibility index (Phi) is 7.06. The number of hydrogen-bond donors (Lipinski definition) is 2. The van der Waals surface area contributed by atoms with E-state index in [-0.39, 0.29) is 18.0 Å². The summed E-state index contributed by atoms with van der Waals surface area (Å²) in [7, 11) is 0. The Balaban J connectivity index is 1.45. The Morgan fingerprint density at radius 2 is 1.86 bits per heavy atom. The Hall–Kier alpha value is -3.97. The fraction of sp³-hybridized carbons (Fsp3) is 0.233. The molecule has 2 aromatic heterocycles. The van der Waals surface area contributed by atoms with E-state index < -0.39 is 0 Å². The van der Waals surface area contributed by atoms with Crippen LogP contribution in [0.4, 0.5) is 5.69 Å². The summed E-state index contributed by atoms with van der Waals surface area (Å²) < 4.78 is 2.21. The van der Waals surface area contributed by atoms with Crippen LogP contribution >= 0.6 is 12.2 Å². The third-order valence-electron chi connectivity index (χ3n) is 6.93. The predicted octanol–water partition coefficient (Wildman–Crippen LogP) is 5.80. The number of pyridine rings is 1. The maximum absolute atomic E-state index is 12.9. The molecule has 0 aliphatic carbocycles. The van der Waals surface area contributed by atoms with Crippen molar-refractivity contribution in [2.45, 2.75) is 39.3 Å². The molecule has 1 amide bonds. The van der Waals surface area contributed by atoms with Crippen LogP contribution in [0.1, 0.15) is 46.6 Å². The molecule has 2 atom stereocenters. The van der Waals surface area contributed by atoms with Crippen molar-refractivity contribution in [1.29, 1.82) is 0 Å². The number of nitrogens with zero attached hydrogens (tertiary/aromatic N) is 3. The number of carbonyl (C=O) groups excluding carboxylic acids is 1. The fourth-order valence-electron chi connectivity index (χ4n) is 4.88. The van der Waals surface area contributed by atoms with E-state index in [9.17, 15) is 4.79 Å². The van der Waals surface area contributed by atoms with Gasteiger partial charge in [-0.1, -0.05) is 24.3 Å². The van der Waals surface area contributed by atoms with Gasteiger partial charge in [-0.05, 0) is 98.2 Å². The Morgan fingerprint density at radius 1 is 1.00 bits per heavy atom. The second kappa shape index (κ2) is 10.6. The highest BCUT2D eigenvalue weighted by atomic mass is 32.1. The van der Waals surface area contributed by atoms with Gasteiger partial charge in [0.2, 0.25) is 5.91 Å². The normalized spacial score (nSPS) is 17.1. The van der Waals surface area contributed by atoms with Crippen molar-refractivity contribution in [3.63, 3.8) is 0 Å². The minimum atomic E-state index is -0.145. The third kappa shape index (κ3) is 5.27. The molecule has 7 heteroatoms. The van der Waals surface area contributed by atoms with E-state index in [0.717, 1.165) is 28.3 Å². The Bertz CT molecular complexity index is 1430. The number of benzene rings is 2. The highest BCUT2D eigenvalue weighted by Gasteiger charge is 2.41. The molecule has 6 nitrogen and oxygen atoms in total. The van der Waals surface area contributed by atoms with Crippen LogP contribution in [-0.4, -0.2) is 32.0 Å². The van der Waals surface area contributed by atoms with Crippen molar-refractivity contribution in [3.8, 4) is 5.69 Å². The lowest BCUT2D eigenvalue weighted by Gasteiger charge is -2.29. The molecule has 1 aliphatic rings. The average molecular weight is 510 g/mol. The van der Waals surface area contributed by atoms with Gasteiger partial charge in [0, 0.05) is 42.4 Å². The van der Waals surface area contributed by atoms with Crippen molar-refractivity contribution in [1.82, 2.24) is 19.8 Å². The first-order chi connectivity index (χ1) is 17.9. The number of nitrogens with one attached hydrogen (secondary N) is 2. The standard InChI is InChI=1S/C30H31N5OS/c1-20-8-6-9-23(18-20)32-27(36)14-17-35-29(28(33-30(35)37)25-10-4-5-15-31-25)26-11-7-16-34(26)24-13-12-21(2)22(3)19-24/h4-13,15-16,18-19,28-29H,14,17H2,1-3H3,(H,32,36)(H,33,37)/t28-,29+/m1/s1. The molecule has 0 saturated carbocycles. The largest absolute Gasteiger partial charge is 0.352 e. The van der Waals surface area contributed by atoms with E-state index in [1.165, 1.54) is 11.1 Å². The molecule has 0 spiro atoms. The van der Waals surface area contributed by atoms with Crippen LogP contribution in [0.15, 0.2) is 85.2 Å². The number of anilines is 1. The van der Waals surface area contributed by atoms with E-state index >= 15 is 0 Å².